The number of anilines is 2. The van der Waals surface area contributed by atoms with Gasteiger partial charge < -0.3 is 16.2 Å². The van der Waals surface area contributed by atoms with Gasteiger partial charge in [-0.1, -0.05) is 70.1 Å². The summed E-state index contributed by atoms with van der Waals surface area (Å²) in [6.07, 6.45) is 0. The standard InChI is InChI=1S/C12H9Cl2N3O3.C11H6Cl3N3O2/c1-20-12-11(17(18)19)8(15)5-9(16-12)10-6(13)3-2-4-7(10)14;12-5-2-1-3-6(13)9(5)8-4-7(15)10(17(18)19)11(14)16-8/h2-5H,1H3,(H2,15,16);1-4H,(H2,15,16). The fourth-order valence-electron chi connectivity index (χ4n) is 3.31. The first-order valence-electron chi connectivity index (χ1n) is 10.3. The first kappa shape index (κ1) is 29.9. The molecule has 16 heteroatoms. The van der Waals surface area contributed by atoms with Crippen LogP contribution < -0.4 is 16.2 Å². The van der Waals surface area contributed by atoms with E-state index in [2.05, 4.69) is 9.97 Å². The van der Waals surface area contributed by atoms with Gasteiger partial charge in [-0.3, -0.25) is 20.2 Å². The molecule has 0 saturated carbocycles. The average molecular weight is 633 g/mol. The maximum Gasteiger partial charge on any atom is 0.353 e. The van der Waals surface area contributed by atoms with Crippen molar-refractivity contribution in [2.45, 2.75) is 0 Å². The third kappa shape index (κ3) is 6.52. The molecule has 4 N–H and O–H groups in total. The number of ether oxygens (including phenoxy) is 1. The van der Waals surface area contributed by atoms with Crippen LogP contribution in [0.25, 0.3) is 22.5 Å². The van der Waals surface area contributed by atoms with Gasteiger partial charge in [0.15, 0.2) is 0 Å². The lowest BCUT2D eigenvalue weighted by atomic mass is 10.1. The Morgan fingerprint density at radius 3 is 1.46 bits per heavy atom. The van der Waals surface area contributed by atoms with Gasteiger partial charge in [0.2, 0.25) is 5.15 Å². The van der Waals surface area contributed by atoms with E-state index in [9.17, 15) is 20.2 Å². The lowest BCUT2D eigenvalue weighted by Crippen LogP contribution is -2.02. The van der Waals surface area contributed by atoms with E-state index in [0.717, 1.165) is 0 Å². The largest absolute Gasteiger partial charge is 0.476 e. The van der Waals surface area contributed by atoms with Crippen LogP contribution in [0, 0.1) is 20.2 Å². The second kappa shape index (κ2) is 12.5. The predicted molar refractivity (Wildman–Crippen MR) is 153 cm³/mol. The Hall–Kier alpha value is -3.61. The fraction of sp³-hybridized carbons (Fsp3) is 0.0435. The second-order valence-electron chi connectivity index (χ2n) is 7.40. The molecule has 2 heterocycles. The number of nitrogens with zero attached hydrogens (tertiary/aromatic N) is 4. The van der Waals surface area contributed by atoms with Gasteiger partial charge >= 0.3 is 11.4 Å². The molecule has 0 amide bonds. The zero-order valence-electron chi connectivity index (χ0n) is 19.5. The molecule has 2 aromatic heterocycles. The Labute approximate surface area is 245 Å². The van der Waals surface area contributed by atoms with Gasteiger partial charge in [0.1, 0.15) is 11.4 Å². The lowest BCUT2D eigenvalue weighted by Gasteiger charge is -2.09. The van der Waals surface area contributed by atoms with Gasteiger partial charge in [-0.05, 0) is 36.4 Å². The van der Waals surface area contributed by atoms with Gasteiger partial charge in [0, 0.05) is 11.1 Å². The summed E-state index contributed by atoms with van der Waals surface area (Å²) in [6, 6.07) is 12.5. The number of nitrogens with two attached hydrogens (primary N) is 2. The normalized spacial score (nSPS) is 10.4. The molecule has 4 rings (SSSR count). The SMILES string of the molecule is COc1nc(-c2c(Cl)cccc2Cl)cc(N)c1[N+](=O)[O-].Nc1cc(-c2c(Cl)cccc2Cl)nc(Cl)c1[N+](=O)[O-]. The van der Waals surface area contributed by atoms with Crippen LogP contribution in [-0.4, -0.2) is 26.9 Å². The van der Waals surface area contributed by atoms with Crippen molar-refractivity contribution in [3.8, 4) is 28.4 Å². The van der Waals surface area contributed by atoms with Crippen molar-refractivity contribution in [3.05, 3.63) is 94.0 Å². The molecule has 0 fully saturated rings. The molecule has 11 nitrogen and oxygen atoms in total. The Kier molecular flexibility index (Phi) is 9.59. The molecule has 0 radical (unpaired) electrons. The topological polar surface area (TPSA) is 173 Å². The maximum absolute atomic E-state index is 10.9. The molecule has 0 aliphatic rings. The number of hydrogen-bond acceptors (Lipinski definition) is 9. The molecule has 0 aliphatic heterocycles. The molecular weight excluding hydrogens is 618 g/mol. The number of benzene rings is 2. The summed E-state index contributed by atoms with van der Waals surface area (Å²) in [4.78, 5) is 28.3. The summed E-state index contributed by atoms with van der Waals surface area (Å²) in [5.74, 6) is -0.194. The van der Waals surface area contributed by atoms with Crippen LogP contribution in [0.5, 0.6) is 5.88 Å². The molecule has 0 saturated heterocycles. The molecule has 4 aromatic rings. The summed E-state index contributed by atoms with van der Waals surface area (Å²) in [7, 11) is 1.27. The molecule has 2 aromatic carbocycles. The van der Waals surface area contributed by atoms with Crippen LogP contribution in [0.1, 0.15) is 0 Å². The highest BCUT2D eigenvalue weighted by Gasteiger charge is 2.24. The Morgan fingerprint density at radius 2 is 1.10 bits per heavy atom. The van der Waals surface area contributed by atoms with Crippen LogP contribution in [0.4, 0.5) is 22.7 Å². The Morgan fingerprint density at radius 1 is 0.718 bits per heavy atom. The number of halogens is 5. The average Bonchev–Trinajstić information content (AvgIpc) is 2.83. The van der Waals surface area contributed by atoms with Crippen molar-refractivity contribution in [2.24, 2.45) is 0 Å². The van der Waals surface area contributed by atoms with Gasteiger partial charge in [0.25, 0.3) is 5.88 Å². The summed E-state index contributed by atoms with van der Waals surface area (Å²) < 4.78 is 4.91. The monoisotopic (exact) mass is 630 g/mol. The highest BCUT2D eigenvalue weighted by Crippen LogP contribution is 2.40. The number of nitro groups is 2. The Bertz CT molecular complexity index is 1540. The maximum atomic E-state index is 10.9. The van der Waals surface area contributed by atoms with Gasteiger partial charge in [-0.2, -0.15) is 0 Å². The number of rotatable bonds is 5. The van der Waals surface area contributed by atoms with Crippen molar-refractivity contribution in [1.82, 2.24) is 9.97 Å². The quantitative estimate of drug-likeness (QED) is 0.127. The number of hydrogen-bond donors (Lipinski definition) is 2. The van der Waals surface area contributed by atoms with E-state index < -0.39 is 15.5 Å². The van der Waals surface area contributed by atoms with Crippen molar-refractivity contribution in [3.63, 3.8) is 0 Å². The summed E-state index contributed by atoms with van der Waals surface area (Å²) in [5, 5.41) is 22.8. The summed E-state index contributed by atoms with van der Waals surface area (Å²) >= 11 is 30.0. The summed E-state index contributed by atoms with van der Waals surface area (Å²) in [5.41, 5.74) is 11.7. The summed E-state index contributed by atoms with van der Waals surface area (Å²) in [6.45, 7) is 0. The van der Waals surface area contributed by atoms with E-state index in [0.29, 0.717) is 36.9 Å². The smallest absolute Gasteiger partial charge is 0.353 e. The second-order valence-corrected chi connectivity index (χ2v) is 9.39. The van der Waals surface area contributed by atoms with Crippen LogP contribution in [0.3, 0.4) is 0 Å². The number of pyridine rings is 2. The van der Waals surface area contributed by atoms with E-state index in [1.165, 1.54) is 19.2 Å². The third-order valence-electron chi connectivity index (χ3n) is 4.97. The number of aromatic nitrogens is 2. The zero-order chi connectivity index (χ0) is 29.0. The zero-order valence-corrected chi connectivity index (χ0v) is 23.3. The van der Waals surface area contributed by atoms with Crippen molar-refractivity contribution in [2.75, 3.05) is 18.6 Å². The van der Waals surface area contributed by atoms with Crippen LogP contribution in [0.2, 0.25) is 25.2 Å². The third-order valence-corrected chi connectivity index (χ3v) is 6.49. The minimum absolute atomic E-state index is 0.0761. The van der Waals surface area contributed by atoms with Crippen LogP contribution in [-0.2, 0) is 0 Å². The van der Waals surface area contributed by atoms with Crippen LogP contribution >= 0.6 is 58.0 Å². The molecule has 0 bridgehead atoms. The molecular formula is C23H15Cl5N6O5. The highest BCUT2D eigenvalue weighted by atomic mass is 35.5. The predicted octanol–water partition coefficient (Wildman–Crippen LogP) is 7.75. The highest BCUT2D eigenvalue weighted by molar-refractivity contribution is 6.40. The fourth-order valence-corrected chi connectivity index (χ4v) is 4.76. The van der Waals surface area contributed by atoms with E-state index in [4.69, 9.17) is 74.2 Å². The molecule has 39 heavy (non-hydrogen) atoms. The van der Waals surface area contributed by atoms with E-state index in [1.54, 1.807) is 36.4 Å². The molecule has 0 unspecified atom stereocenters. The first-order valence-corrected chi connectivity index (χ1v) is 12.2. The molecule has 0 aliphatic carbocycles. The van der Waals surface area contributed by atoms with E-state index in [1.807, 2.05) is 0 Å². The van der Waals surface area contributed by atoms with Crippen molar-refractivity contribution in [1.29, 1.82) is 0 Å². The molecule has 0 spiro atoms. The molecule has 0 atom stereocenters. The Balaban J connectivity index is 0.000000216. The minimum Gasteiger partial charge on any atom is -0.476 e. The van der Waals surface area contributed by atoms with E-state index >= 15 is 0 Å². The van der Waals surface area contributed by atoms with Gasteiger partial charge in [0.05, 0.1) is 48.4 Å². The first-order chi connectivity index (χ1) is 18.4. The number of methoxy groups -OCH3 is 1. The van der Waals surface area contributed by atoms with Crippen LogP contribution in [0.15, 0.2) is 48.5 Å². The molecule has 202 valence electrons. The van der Waals surface area contributed by atoms with Crippen molar-refractivity contribution >= 4 is 80.8 Å². The van der Waals surface area contributed by atoms with Gasteiger partial charge in [-0.25, -0.2) is 9.97 Å². The van der Waals surface area contributed by atoms with E-state index in [-0.39, 0.29) is 33.8 Å². The van der Waals surface area contributed by atoms with Crippen molar-refractivity contribution < 1.29 is 14.6 Å². The number of nitrogen functional groups attached to an aromatic ring is 2. The lowest BCUT2D eigenvalue weighted by molar-refractivity contribution is -0.385. The van der Waals surface area contributed by atoms with Gasteiger partial charge in [-0.15, -0.1) is 0 Å². The minimum atomic E-state index is -0.692.